The van der Waals surface area contributed by atoms with E-state index in [9.17, 15) is 23.3 Å². The molecule has 0 atom stereocenters. The van der Waals surface area contributed by atoms with Crippen LogP contribution in [-0.2, 0) is 0 Å². The molecule has 4 nitrogen and oxygen atoms in total. The lowest BCUT2D eigenvalue weighted by molar-refractivity contribution is -0.392. The van der Waals surface area contributed by atoms with Crippen LogP contribution in [0.1, 0.15) is 12.1 Å². The van der Waals surface area contributed by atoms with Crippen molar-refractivity contribution in [2.24, 2.45) is 0 Å². The SMILES string of the molecule is O=[N+]([O-])c1nc(C(F)F)cc(Cl)c1F. The summed E-state index contributed by atoms with van der Waals surface area (Å²) in [6, 6.07) is 0.550. The molecule has 0 aliphatic heterocycles. The summed E-state index contributed by atoms with van der Waals surface area (Å²) in [5.41, 5.74) is -0.928. The second-order valence-electron chi connectivity index (χ2n) is 2.22. The molecule has 0 saturated heterocycles. The van der Waals surface area contributed by atoms with Crippen LogP contribution >= 0.6 is 11.6 Å². The number of rotatable bonds is 2. The zero-order chi connectivity index (χ0) is 10.9. The monoisotopic (exact) mass is 226 g/mol. The first kappa shape index (κ1) is 10.7. The molecular weight excluding hydrogens is 225 g/mol. The zero-order valence-electron chi connectivity index (χ0n) is 6.38. The van der Waals surface area contributed by atoms with Crippen molar-refractivity contribution in [1.29, 1.82) is 0 Å². The third-order valence-corrected chi connectivity index (χ3v) is 1.59. The Morgan fingerprint density at radius 3 is 2.57 bits per heavy atom. The lowest BCUT2D eigenvalue weighted by Crippen LogP contribution is -2.01. The largest absolute Gasteiger partial charge is 0.401 e. The van der Waals surface area contributed by atoms with E-state index in [1.54, 1.807) is 0 Å². The molecule has 0 unspecified atom stereocenters. The molecule has 14 heavy (non-hydrogen) atoms. The summed E-state index contributed by atoms with van der Waals surface area (Å²) in [6.07, 6.45) is -3.04. The lowest BCUT2D eigenvalue weighted by atomic mass is 10.3. The molecule has 0 radical (unpaired) electrons. The van der Waals surface area contributed by atoms with Gasteiger partial charge in [0.15, 0.2) is 0 Å². The van der Waals surface area contributed by atoms with E-state index in [2.05, 4.69) is 4.98 Å². The van der Waals surface area contributed by atoms with Gasteiger partial charge in [-0.3, -0.25) is 0 Å². The van der Waals surface area contributed by atoms with E-state index in [1.807, 2.05) is 0 Å². The van der Waals surface area contributed by atoms with E-state index in [0.717, 1.165) is 0 Å². The molecule has 0 spiro atoms. The minimum atomic E-state index is -3.04. The van der Waals surface area contributed by atoms with Gasteiger partial charge in [-0.05, 0) is 9.91 Å². The molecule has 8 heteroatoms. The Kier molecular flexibility index (Phi) is 2.90. The maximum Gasteiger partial charge on any atom is 0.401 e. The standard InChI is InChI=1S/C6H2ClF3N2O2/c7-2-1-3(5(9)10)11-6(4(2)8)12(13)14/h1,5H. The van der Waals surface area contributed by atoms with Crippen LogP contribution in [0.15, 0.2) is 6.07 Å². The van der Waals surface area contributed by atoms with Crippen molar-refractivity contribution < 1.29 is 18.1 Å². The van der Waals surface area contributed by atoms with Crippen molar-refractivity contribution in [2.45, 2.75) is 6.43 Å². The molecule has 0 N–H and O–H groups in total. The van der Waals surface area contributed by atoms with E-state index in [0.29, 0.717) is 6.07 Å². The Balaban J connectivity index is 3.35. The van der Waals surface area contributed by atoms with Crippen molar-refractivity contribution in [1.82, 2.24) is 4.98 Å². The number of aromatic nitrogens is 1. The maximum atomic E-state index is 12.8. The normalized spacial score (nSPS) is 10.6. The Hall–Kier alpha value is -1.37. The molecule has 0 aliphatic carbocycles. The van der Waals surface area contributed by atoms with Gasteiger partial charge in [-0.25, -0.2) is 8.78 Å². The first-order valence-corrected chi connectivity index (χ1v) is 3.59. The lowest BCUT2D eigenvalue weighted by Gasteiger charge is -1.98. The molecule has 1 aromatic rings. The highest BCUT2D eigenvalue weighted by Gasteiger charge is 2.26. The topological polar surface area (TPSA) is 56.0 Å². The molecule has 1 aromatic heterocycles. The summed E-state index contributed by atoms with van der Waals surface area (Å²) in [5, 5.41) is 9.40. The summed E-state index contributed by atoms with van der Waals surface area (Å²) in [4.78, 5) is 11.8. The van der Waals surface area contributed by atoms with Gasteiger partial charge in [-0.1, -0.05) is 11.6 Å². The van der Waals surface area contributed by atoms with Gasteiger partial charge in [-0.15, -0.1) is 0 Å². The number of nitrogens with zero attached hydrogens (tertiary/aromatic N) is 2. The summed E-state index contributed by atoms with van der Waals surface area (Å²) in [5.74, 6) is -2.71. The average molecular weight is 227 g/mol. The number of hydrogen-bond acceptors (Lipinski definition) is 3. The van der Waals surface area contributed by atoms with Crippen molar-refractivity contribution in [2.75, 3.05) is 0 Å². The summed E-state index contributed by atoms with van der Waals surface area (Å²) < 4.78 is 36.9. The van der Waals surface area contributed by atoms with Crippen LogP contribution in [-0.4, -0.2) is 9.91 Å². The smallest absolute Gasteiger partial charge is 0.358 e. The van der Waals surface area contributed by atoms with Gasteiger partial charge in [0.05, 0.1) is 5.02 Å². The molecule has 1 heterocycles. The Morgan fingerprint density at radius 2 is 2.14 bits per heavy atom. The van der Waals surface area contributed by atoms with Crippen LogP contribution in [0, 0.1) is 15.9 Å². The number of hydrogen-bond donors (Lipinski definition) is 0. The van der Waals surface area contributed by atoms with Crippen molar-refractivity contribution >= 4 is 17.4 Å². The maximum absolute atomic E-state index is 12.8. The van der Waals surface area contributed by atoms with E-state index < -0.39 is 33.7 Å². The Labute approximate surface area is 80.5 Å². The van der Waals surface area contributed by atoms with Crippen LogP contribution < -0.4 is 0 Å². The highest BCUT2D eigenvalue weighted by Crippen LogP contribution is 2.27. The number of nitro groups is 1. The molecule has 1 rings (SSSR count). The average Bonchev–Trinajstić information content (AvgIpc) is 2.08. The Morgan fingerprint density at radius 1 is 1.57 bits per heavy atom. The number of pyridine rings is 1. The number of halogens is 4. The third-order valence-electron chi connectivity index (χ3n) is 1.31. The fourth-order valence-electron chi connectivity index (χ4n) is 0.736. The van der Waals surface area contributed by atoms with Crippen LogP contribution in [0.2, 0.25) is 5.02 Å². The fraction of sp³-hybridized carbons (Fsp3) is 0.167. The van der Waals surface area contributed by atoms with E-state index in [-0.39, 0.29) is 0 Å². The van der Waals surface area contributed by atoms with Crippen LogP contribution in [0.5, 0.6) is 0 Å². The quantitative estimate of drug-likeness (QED) is 0.575. The van der Waals surface area contributed by atoms with Gasteiger partial charge in [0.2, 0.25) is 11.5 Å². The van der Waals surface area contributed by atoms with E-state index in [1.165, 1.54) is 0 Å². The minimum absolute atomic E-state index is 0.550. The van der Waals surface area contributed by atoms with Gasteiger partial charge < -0.3 is 10.1 Å². The first-order chi connectivity index (χ1) is 6.43. The van der Waals surface area contributed by atoms with E-state index in [4.69, 9.17) is 11.6 Å². The van der Waals surface area contributed by atoms with Crippen LogP contribution in [0.4, 0.5) is 19.0 Å². The predicted octanol–water partition coefficient (Wildman–Crippen LogP) is 2.72. The molecule has 0 aliphatic rings. The second-order valence-corrected chi connectivity index (χ2v) is 2.63. The molecular formula is C6H2ClF3N2O2. The summed E-state index contributed by atoms with van der Waals surface area (Å²) in [6.45, 7) is 0. The molecule has 76 valence electrons. The van der Waals surface area contributed by atoms with Crippen molar-refractivity contribution in [3.05, 3.63) is 32.7 Å². The summed E-state index contributed by atoms with van der Waals surface area (Å²) in [7, 11) is 0. The van der Waals surface area contributed by atoms with Gasteiger partial charge >= 0.3 is 12.2 Å². The van der Waals surface area contributed by atoms with Crippen LogP contribution in [0.25, 0.3) is 0 Å². The minimum Gasteiger partial charge on any atom is -0.358 e. The highest BCUT2D eigenvalue weighted by molar-refractivity contribution is 6.30. The molecule has 0 amide bonds. The zero-order valence-corrected chi connectivity index (χ0v) is 7.13. The second kappa shape index (κ2) is 3.79. The van der Waals surface area contributed by atoms with Gasteiger partial charge in [0.25, 0.3) is 0 Å². The Bertz CT molecular complexity index is 386. The highest BCUT2D eigenvalue weighted by atomic mass is 35.5. The van der Waals surface area contributed by atoms with Gasteiger partial charge in [0.1, 0.15) is 0 Å². The molecule has 0 aromatic carbocycles. The van der Waals surface area contributed by atoms with Gasteiger partial charge in [0, 0.05) is 6.07 Å². The van der Waals surface area contributed by atoms with Crippen molar-refractivity contribution in [3.63, 3.8) is 0 Å². The van der Waals surface area contributed by atoms with Crippen molar-refractivity contribution in [3.8, 4) is 0 Å². The molecule has 0 fully saturated rings. The third kappa shape index (κ3) is 1.92. The first-order valence-electron chi connectivity index (χ1n) is 3.22. The molecule has 0 bridgehead atoms. The predicted molar refractivity (Wildman–Crippen MR) is 40.8 cm³/mol. The van der Waals surface area contributed by atoms with Gasteiger partial charge in [-0.2, -0.15) is 4.39 Å². The van der Waals surface area contributed by atoms with E-state index >= 15 is 0 Å². The van der Waals surface area contributed by atoms with Crippen LogP contribution in [0.3, 0.4) is 0 Å². The number of alkyl halides is 2. The summed E-state index contributed by atoms with van der Waals surface area (Å²) >= 11 is 5.15. The fourth-order valence-corrected chi connectivity index (χ4v) is 0.933. The molecule has 0 saturated carbocycles.